The Balaban J connectivity index is 2.22. The molecule has 3 nitrogen and oxygen atoms in total. The smallest absolute Gasteiger partial charge is 0.0743 e. The van der Waals surface area contributed by atoms with Gasteiger partial charge in [-0.1, -0.05) is 38.0 Å². The van der Waals surface area contributed by atoms with Crippen molar-refractivity contribution in [1.29, 1.82) is 0 Å². The second kappa shape index (κ2) is 5.53. The highest BCUT2D eigenvalue weighted by molar-refractivity contribution is 5.96. The average molecular weight is 229 g/mol. The molecule has 0 amide bonds. The van der Waals surface area contributed by atoms with Crippen molar-refractivity contribution in [2.24, 2.45) is 0 Å². The van der Waals surface area contributed by atoms with Crippen molar-refractivity contribution in [3.05, 3.63) is 30.5 Å². The van der Waals surface area contributed by atoms with E-state index >= 15 is 0 Å². The van der Waals surface area contributed by atoms with Crippen LogP contribution in [0.1, 0.15) is 26.2 Å². The third-order valence-electron chi connectivity index (χ3n) is 2.89. The molecule has 0 aliphatic carbocycles. The summed E-state index contributed by atoms with van der Waals surface area (Å²) < 4.78 is 0. The lowest BCUT2D eigenvalue weighted by Crippen LogP contribution is -2.05. The van der Waals surface area contributed by atoms with Crippen LogP contribution in [0.3, 0.4) is 0 Å². The van der Waals surface area contributed by atoms with E-state index < -0.39 is 0 Å². The molecular weight excluding hydrogens is 210 g/mol. The van der Waals surface area contributed by atoms with Gasteiger partial charge in [-0.2, -0.15) is 0 Å². The molecule has 0 aliphatic heterocycles. The highest BCUT2D eigenvalue weighted by Gasteiger charge is 2.04. The van der Waals surface area contributed by atoms with Gasteiger partial charge >= 0.3 is 0 Å². The molecule has 1 aromatic carbocycles. The Hall–Kier alpha value is -1.77. The fraction of sp³-hybridized carbons (Fsp3) is 0.357. The van der Waals surface area contributed by atoms with Crippen molar-refractivity contribution >= 4 is 22.3 Å². The number of nitrogens with zero attached hydrogens (tertiary/aromatic N) is 1. The minimum atomic E-state index is 0.722. The highest BCUT2D eigenvalue weighted by Crippen LogP contribution is 2.27. The van der Waals surface area contributed by atoms with Crippen molar-refractivity contribution in [1.82, 2.24) is 4.98 Å². The van der Waals surface area contributed by atoms with E-state index in [-0.39, 0.29) is 0 Å². The number of fused-ring (bicyclic) bond motifs is 1. The molecule has 0 bridgehead atoms. The molecule has 90 valence electrons. The first-order chi connectivity index (χ1) is 8.33. The number of rotatable bonds is 5. The topological polar surface area (TPSA) is 50.9 Å². The van der Waals surface area contributed by atoms with Crippen LogP contribution >= 0.6 is 0 Å². The number of pyridine rings is 1. The SMILES string of the molecule is CCCCCNc1c(N)cnc2ccccc12. The molecule has 1 heterocycles. The first-order valence-electron chi connectivity index (χ1n) is 6.20. The van der Waals surface area contributed by atoms with Gasteiger partial charge in [0.2, 0.25) is 0 Å². The minimum absolute atomic E-state index is 0.722. The van der Waals surface area contributed by atoms with Gasteiger partial charge in [0.15, 0.2) is 0 Å². The average Bonchev–Trinajstić information content (AvgIpc) is 2.37. The Kier molecular flexibility index (Phi) is 3.81. The van der Waals surface area contributed by atoms with Crippen LogP contribution in [-0.4, -0.2) is 11.5 Å². The van der Waals surface area contributed by atoms with Crippen molar-refractivity contribution in [2.45, 2.75) is 26.2 Å². The Bertz CT molecular complexity index is 494. The van der Waals surface area contributed by atoms with Crippen molar-refractivity contribution in [3.8, 4) is 0 Å². The van der Waals surface area contributed by atoms with E-state index in [2.05, 4.69) is 23.3 Å². The molecule has 0 saturated heterocycles. The van der Waals surface area contributed by atoms with E-state index in [1.807, 2.05) is 18.2 Å². The zero-order valence-electron chi connectivity index (χ0n) is 10.2. The summed E-state index contributed by atoms with van der Waals surface area (Å²) in [7, 11) is 0. The Morgan fingerprint density at radius 2 is 2.06 bits per heavy atom. The van der Waals surface area contributed by atoms with E-state index in [0.717, 1.165) is 28.8 Å². The second-order valence-corrected chi connectivity index (χ2v) is 4.24. The summed E-state index contributed by atoms with van der Waals surface area (Å²) >= 11 is 0. The van der Waals surface area contributed by atoms with Crippen molar-refractivity contribution in [3.63, 3.8) is 0 Å². The summed E-state index contributed by atoms with van der Waals surface area (Å²) in [5, 5.41) is 4.53. The number of hydrogen-bond donors (Lipinski definition) is 2. The quantitative estimate of drug-likeness (QED) is 0.772. The maximum Gasteiger partial charge on any atom is 0.0743 e. The molecule has 0 atom stereocenters. The van der Waals surface area contributed by atoms with Gasteiger partial charge in [0.1, 0.15) is 0 Å². The zero-order chi connectivity index (χ0) is 12.1. The van der Waals surface area contributed by atoms with Gasteiger partial charge in [-0.15, -0.1) is 0 Å². The number of nitrogens with one attached hydrogen (secondary N) is 1. The molecule has 1 aromatic heterocycles. The van der Waals surface area contributed by atoms with Crippen LogP contribution in [0.4, 0.5) is 11.4 Å². The number of unbranched alkanes of at least 4 members (excludes halogenated alkanes) is 2. The van der Waals surface area contributed by atoms with Crippen LogP contribution in [0.5, 0.6) is 0 Å². The van der Waals surface area contributed by atoms with E-state index in [1.165, 1.54) is 19.3 Å². The molecule has 0 spiro atoms. The first-order valence-corrected chi connectivity index (χ1v) is 6.20. The maximum absolute atomic E-state index is 5.98. The van der Waals surface area contributed by atoms with Crippen LogP contribution in [0.25, 0.3) is 10.9 Å². The number of para-hydroxylation sites is 1. The number of nitrogens with two attached hydrogens (primary N) is 1. The summed E-state index contributed by atoms with van der Waals surface area (Å²) in [6.45, 7) is 3.17. The number of nitrogen functional groups attached to an aromatic ring is 1. The van der Waals surface area contributed by atoms with Gasteiger partial charge in [0.05, 0.1) is 23.1 Å². The summed E-state index contributed by atoms with van der Waals surface area (Å²) in [5.41, 5.74) is 8.70. The number of aromatic nitrogens is 1. The van der Waals surface area contributed by atoms with Crippen LogP contribution in [-0.2, 0) is 0 Å². The zero-order valence-corrected chi connectivity index (χ0v) is 10.2. The normalized spacial score (nSPS) is 10.6. The van der Waals surface area contributed by atoms with Crippen LogP contribution in [0.15, 0.2) is 30.5 Å². The minimum Gasteiger partial charge on any atom is -0.396 e. The number of benzene rings is 1. The van der Waals surface area contributed by atoms with E-state index in [1.54, 1.807) is 6.20 Å². The van der Waals surface area contributed by atoms with Gasteiger partial charge in [-0.3, -0.25) is 4.98 Å². The summed E-state index contributed by atoms with van der Waals surface area (Å²) in [6.07, 6.45) is 5.38. The fourth-order valence-electron chi connectivity index (χ4n) is 1.94. The van der Waals surface area contributed by atoms with Gasteiger partial charge in [-0.05, 0) is 12.5 Å². The lowest BCUT2D eigenvalue weighted by molar-refractivity contribution is 0.744. The number of hydrogen-bond acceptors (Lipinski definition) is 3. The molecule has 2 rings (SSSR count). The van der Waals surface area contributed by atoms with Gasteiger partial charge in [0, 0.05) is 11.9 Å². The Labute approximate surface area is 102 Å². The molecule has 3 heteroatoms. The molecular formula is C14H19N3. The molecule has 0 aliphatic rings. The van der Waals surface area contributed by atoms with E-state index in [9.17, 15) is 0 Å². The lowest BCUT2D eigenvalue weighted by Gasteiger charge is -2.11. The third-order valence-corrected chi connectivity index (χ3v) is 2.89. The predicted molar refractivity (Wildman–Crippen MR) is 74.2 cm³/mol. The van der Waals surface area contributed by atoms with Crippen molar-refractivity contribution < 1.29 is 0 Å². The summed E-state index contributed by atoms with van der Waals surface area (Å²) in [4.78, 5) is 4.32. The van der Waals surface area contributed by atoms with E-state index in [4.69, 9.17) is 5.73 Å². The van der Waals surface area contributed by atoms with E-state index in [0.29, 0.717) is 0 Å². The third kappa shape index (κ3) is 2.67. The first kappa shape index (κ1) is 11.7. The Morgan fingerprint density at radius 1 is 1.24 bits per heavy atom. The van der Waals surface area contributed by atoms with Gasteiger partial charge in [-0.25, -0.2) is 0 Å². The lowest BCUT2D eigenvalue weighted by atomic mass is 10.1. The molecule has 2 aromatic rings. The largest absolute Gasteiger partial charge is 0.396 e. The summed E-state index contributed by atoms with van der Waals surface area (Å²) in [5.74, 6) is 0. The summed E-state index contributed by atoms with van der Waals surface area (Å²) in [6, 6.07) is 8.07. The predicted octanol–water partition coefficient (Wildman–Crippen LogP) is 3.42. The van der Waals surface area contributed by atoms with Crippen LogP contribution < -0.4 is 11.1 Å². The molecule has 0 unspecified atom stereocenters. The Morgan fingerprint density at radius 3 is 2.88 bits per heavy atom. The highest BCUT2D eigenvalue weighted by atomic mass is 14.9. The maximum atomic E-state index is 5.98. The fourth-order valence-corrected chi connectivity index (χ4v) is 1.94. The number of anilines is 2. The molecule has 0 radical (unpaired) electrons. The molecule has 0 fully saturated rings. The van der Waals surface area contributed by atoms with Crippen LogP contribution in [0.2, 0.25) is 0 Å². The van der Waals surface area contributed by atoms with Gasteiger partial charge in [0.25, 0.3) is 0 Å². The van der Waals surface area contributed by atoms with Crippen molar-refractivity contribution in [2.75, 3.05) is 17.6 Å². The standard InChI is InChI=1S/C14H19N3/c1-2-3-6-9-16-14-11-7-4-5-8-13(11)17-10-12(14)15/h4-5,7-8,10H,2-3,6,9,15H2,1H3,(H,16,17). The molecule has 17 heavy (non-hydrogen) atoms. The van der Waals surface area contributed by atoms with Crippen LogP contribution in [0, 0.1) is 0 Å². The second-order valence-electron chi connectivity index (χ2n) is 4.24. The monoisotopic (exact) mass is 229 g/mol. The molecule has 0 saturated carbocycles. The molecule has 3 N–H and O–H groups in total. The van der Waals surface area contributed by atoms with Gasteiger partial charge < -0.3 is 11.1 Å².